The van der Waals surface area contributed by atoms with Crippen molar-refractivity contribution in [3.05, 3.63) is 33.9 Å². The number of nitriles is 1. The van der Waals surface area contributed by atoms with Crippen LogP contribution < -0.4 is 4.74 Å². The Labute approximate surface area is 103 Å². The fourth-order valence-corrected chi connectivity index (χ4v) is 1.22. The maximum absolute atomic E-state index is 11.7. The minimum atomic E-state index is -0.943. The van der Waals surface area contributed by atoms with E-state index in [-0.39, 0.29) is 17.0 Å². The Morgan fingerprint density at radius 2 is 2.22 bits per heavy atom. The smallest absolute Gasteiger partial charge is 0.343 e. The molecular weight excluding hydrogens is 240 g/mol. The molecule has 0 N–H and O–H groups in total. The van der Waals surface area contributed by atoms with E-state index in [0.29, 0.717) is 0 Å². The van der Waals surface area contributed by atoms with Gasteiger partial charge in [0.15, 0.2) is 6.10 Å². The molecule has 0 saturated carbocycles. The monoisotopic (exact) mass is 250 g/mol. The summed E-state index contributed by atoms with van der Waals surface area (Å²) in [6, 6.07) is 5.28. The summed E-state index contributed by atoms with van der Waals surface area (Å²) in [5.74, 6) is -0.694. The maximum atomic E-state index is 11.7. The van der Waals surface area contributed by atoms with Gasteiger partial charge in [-0.3, -0.25) is 10.1 Å². The Bertz CT molecular complexity index is 521. The van der Waals surface area contributed by atoms with Gasteiger partial charge in [0.2, 0.25) is 0 Å². The van der Waals surface area contributed by atoms with Crippen molar-refractivity contribution in [1.29, 1.82) is 5.26 Å². The Kier molecular flexibility index (Phi) is 4.21. The fourth-order valence-electron chi connectivity index (χ4n) is 1.22. The number of carbonyl (C=O) groups is 1. The highest BCUT2D eigenvalue weighted by Gasteiger charge is 2.20. The van der Waals surface area contributed by atoms with Gasteiger partial charge in [-0.15, -0.1) is 0 Å². The Morgan fingerprint density at radius 3 is 2.72 bits per heavy atom. The lowest BCUT2D eigenvalue weighted by Crippen LogP contribution is -2.14. The van der Waals surface area contributed by atoms with Crippen LogP contribution in [0.4, 0.5) is 5.69 Å². The van der Waals surface area contributed by atoms with Gasteiger partial charge in [0, 0.05) is 12.1 Å². The number of non-ortho nitro benzene ring substituents is 1. The van der Waals surface area contributed by atoms with Crippen LogP contribution >= 0.6 is 0 Å². The zero-order valence-corrected chi connectivity index (χ0v) is 9.75. The van der Waals surface area contributed by atoms with Crippen molar-refractivity contribution in [2.45, 2.75) is 13.0 Å². The highest BCUT2D eigenvalue weighted by atomic mass is 16.6. The Hall–Kier alpha value is -2.62. The van der Waals surface area contributed by atoms with Gasteiger partial charge in [-0.05, 0) is 13.0 Å². The van der Waals surface area contributed by atoms with Crippen molar-refractivity contribution in [3.63, 3.8) is 0 Å². The third-order valence-corrected chi connectivity index (χ3v) is 2.08. The molecule has 0 bridgehead atoms. The largest absolute Gasteiger partial charge is 0.496 e. The number of esters is 1. The fraction of sp³-hybridized carbons (Fsp3) is 0.273. The minimum absolute atomic E-state index is 0.0891. The van der Waals surface area contributed by atoms with Gasteiger partial charge < -0.3 is 9.47 Å². The van der Waals surface area contributed by atoms with Crippen LogP contribution in [0.15, 0.2) is 18.2 Å². The summed E-state index contributed by atoms with van der Waals surface area (Å²) in [6.45, 7) is 1.39. The molecule has 0 aromatic heterocycles. The molecule has 94 valence electrons. The number of carbonyl (C=O) groups excluding carboxylic acids is 1. The zero-order valence-electron chi connectivity index (χ0n) is 9.75. The third-order valence-electron chi connectivity index (χ3n) is 2.08. The number of hydrogen-bond acceptors (Lipinski definition) is 6. The SMILES string of the molecule is COc1ccc([N+](=O)[O-])cc1C(=O)OC(C)C#N. The summed E-state index contributed by atoms with van der Waals surface area (Å²) in [5, 5.41) is 19.1. The molecule has 1 aromatic rings. The highest BCUT2D eigenvalue weighted by Crippen LogP contribution is 2.24. The first kappa shape index (κ1) is 13.4. The molecule has 7 heteroatoms. The van der Waals surface area contributed by atoms with E-state index in [1.807, 2.05) is 0 Å². The van der Waals surface area contributed by atoms with Crippen LogP contribution in [0.25, 0.3) is 0 Å². The normalized spacial score (nSPS) is 11.2. The van der Waals surface area contributed by atoms with E-state index >= 15 is 0 Å². The number of ether oxygens (including phenoxy) is 2. The van der Waals surface area contributed by atoms with Gasteiger partial charge in [0.1, 0.15) is 17.4 Å². The van der Waals surface area contributed by atoms with Gasteiger partial charge in [-0.2, -0.15) is 5.26 Å². The summed E-state index contributed by atoms with van der Waals surface area (Å²) < 4.78 is 9.67. The van der Waals surface area contributed by atoms with Crippen molar-refractivity contribution in [3.8, 4) is 11.8 Å². The Morgan fingerprint density at radius 1 is 1.56 bits per heavy atom. The molecule has 0 radical (unpaired) electrons. The second kappa shape index (κ2) is 5.63. The van der Waals surface area contributed by atoms with E-state index in [9.17, 15) is 14.9 Å². The Balaban J connectivity index is 3.12. The first-order valence-corrected chi connectivity index (χ1v) is 4.92. The van der Waals surface area contributed by atoms with Gasteiger partial charge >= 0.3 is 5.97 Å². The number of rotatable bonds is 4. The number of benzene rings is 1. The van der Waals surface area contributed by atoms with Gasteiger partial charge in [-0.25, -0.2) is 4.79 Å². The molecule has 7 nitrogen and oxygen atoms in total. The average Bonchev–Trinajstić information content (AvgIpc) is 2.37. The molecule has 0 aliphatic heterocycles. The van der Waals surface area contributed by atoms with Gasteiger partial charge in [0.05, 0.1) is 12.0 Å². The number of nitro groups is 1. The molecular formula is C11H10N2O5. The first-order valence-electron chi connectivity index (χ1n) is 4.92. The molecule has 0 heterocycles. The second-order valence-electron chi connectivity index (χ2n) is 3.32. The molecule has 0 amide bonds. The summed E-state index contributed by atoms with van der Waals surface area (Å²) in [7, 11) is 1.33. The molecule has 0 aliphatic carbocycles. The van der Waals surface area contributed by atoms with E-state index in [1.54, 1.807) is 6.07 Å². The topological polar surface area (TPSA) is 102 Å². The van der Waals surface area contributed by atoms with Crippen molar-refractivity contribution in [2.75, 3.05) is 7.11 Å². The van der Waals surface area contributed by atoms with Crippen LogP contribution in [0.5, 0.6) is 5.75 Å². The molecule has 0 fully saturated rings. The molecule has 1 rings (SSSR count). The lowest BCUT2D eigenvalue weighted by Gasteiger charge is -2.09. The van der Waals surface area contributed by atoms with Gasteiger partial charge in [0.25, 0.3) is 5.69 Å². The standard InChI is InChI=1S/C11H10N2O5/c1-7(6-12)18-11(14)9-5-8(13(15)16)3-4-10(9)17-2/h3-5,7H,1-2H3. The third kappa shape index (κ3) is 2.95. The van der Waals surface area contributed by atoms with E-state index in [2.05, 4.69) is 0 Å². The van der Waals surface area contributed by atoms with Crippen LogP contribution in [-0.2, 0) is 4.74 Å². The summed E-state index contributed by atoms with van der Waals surface area (Å²) in [4.78, 5) is 21.7. The molecule has 1 aromatic carbocycles. The number of hydrogen-bond donors (Lipinski definition) is 0. The lowest BCUT2D eigenvalue weighted by molar-refractivity contribution is -0.384. The van der Waals surface area contributed by atoms with Crippen LogP contribution in [0.3, 0.4) is 0 Å². The van der Waals surface area contributed by atoms with E-state index in [4.69, 9.17) is 14.7 Å². The van der Waals surface area contributed by atoms with Crippen molar-refractivity contribution >= 4 is 11.7 Å². The van der Waals surface area contributed by atoms with Crippen LogP contribution in [0.1, 0.15) is 17.3 Å². The molecule has 0 spiro atoms. The molecule has 0 aliphatic rings. The average molecular weight is 250 g/mol. The quantitative estimate of drug-likeness (QED) is 0.457. The minimum Gasteiger partial charge on any atom is -0.496 e. The van der Waals surface area contributed by atoms with Crippen LogP contribution in [0.2, 0.25) is 0 Å². The first-order chi connectivity index (χ1) is 8.49. The number of methoxy groups -OCH3 is 1. The molecule has 1 atom stereocenters. The van der Waals surface area contributed by atoms with Crippen molar-refractivity contribution in [2.24, 2.45) is 0 Å². The number of nitrogens with zero attached hydrogens (tertiary/aromatic N) is 2. The van der Waals surface area contributed by atoms with Gasteiger partial charge in [-0.1, -0.05) is 0 Å². The number of nitro benzene ring substituents is 1. The maximum Gasteiger partial charge on any atom is 0.343 e. The molecule has 0 saturated heterocycles. The van der Waals surface area contributed by atoms with E-state index in [1.165, 1.54) is 26.2 Å². The summed E-state index contributed by atoms with van der Waals surface area (Å²) >= 11 is 0. The van der Waals surface area contributed by atoms with Crippen molar-refractivity contribution in [1.82, 2.24) is 0 Å². The summed E-state index contributed by atoms with van der Waals surface area (Å²) in [5.41, 5.74) is -0.346. The molecule has 1 unspecified atom stereocenters. The van der Waals surface area contributed by atoms with Crippen LogP contribution in [-0.4, -0.2) is 24.1 Å². The second-order valence-corrected chi connectivity index (χ2v) is 3.32. The summed E-state index contributed by atoms with van der Waals surface area (Å²) in [6.07, 6.45) is -0.943. The van der Waals surface area contributed by atoms with E-state index in [0.717, 1.165) is 6.07 Å². The zero-order chi connectivity index (χ0) is 13.7. The predicted molar refractivity (Wildman–Crippen MR) is 60.1 cm³/mol. The highest BCUT2D eigenvalue weighted by molar-refractivity contribution is 5.93. The van der Waals surface area contributed by atoms with Crippen molar-refractivity contribution < 1.29 is 19.2 Å². The predicted octanol–water partition coefficient (Wildman–Crippen LogP) is 1.67. The molecule has 18 heavy (non-hydrogen) atoms. The van der Waals surface area contributed by atoms with E-state index < -0.39 is 17.0 Å². The van der Waals surface area contributed by atoms with Crippen LogP contribution in [0, 0.1) is 21.4 Å². The lowest BCUT2D eigenvalue weighted by atomic mass is 10.2.